The molecule has 38 heavy (non-hydrogen) atoms. The van der Waals surface area contributed by atoms with Crippen molar-refractivity contribution in [3.05, 3.63) is 71.4 Å². The van der Waals surface area contributed by atoms with Crippen molar-refractivity contribution in [2.45, 2.75) is 52.6 Å². The summed E-state index contributed by atoms with van der Waals surface area (Å²) in [6.45, 7) is 9.43. The molecule has 196 valence electrons. The number of hydrogen-bond acceptors (Lipinski definition) is 5. The van der Waals surface area contributed by atoms with E-state index in [1.165, 1.54) is 5.56 Å². The standard InChI is InChI=1S/C22H17N3O.C9H17NO2/c1-14-3-7-17(8-4-14)22-21(16-9-5-15(12-23)6-10-16)18-11-20(26)25(2)19(18)13-24-22;1-9(2,3)12-8(11)10-6-4-5-7-10/h3-10,13H,11H2,1-2H3;4-7H2,1-3H3. The molecule has 3 aromatic rings. The van der Waals surface area contributed by atoms with E-state index >= 15 is 0 Å². The van der Waals surface area contributed by atoms with Gasteiger partial charge in [-0.15, -0.1) is 0 Å². The molecule has 3 heterocycles. The van der Waals surface area contributed by atoms with Crippen LogP contribution in [0.2, 0.25) is 0 Å². The molecule has 0 bridgehead atoms. The number of pyridine rings is 1. The van der Waals surface area contributed by atoms with Crippen molar-refractivity contribution < 1.29 is 14.3 Å². The van der Waals surface area contributed by atoms with E-state index in [1.807, 2.05) is 32.9 Å². The third-order valence-corrected chi connectivity index (χ3v) is 6.61. The summed E-state index contributed by atoms with van der Waals surface area (Å²) in [7, 11) is 1.78. The fourth-order valence-electron chi connectivity index (χ4n) is 4.59. The van der Waals surface area contributed by atoms with Gasteiger partial charge in [0.25, 0.3) is 0 Å². The molecule has 2 aliphatic rings. The molecule has 0 atom stereocenters. The normalized spacial score (nSPS) is 14.5. The second kappa shape index (κ2) is 11.1. The fourth-order valence-corrected chi connectivity index (χ4v) is 4.59. The summed E-state index contributed by atoms with van der Waals surface area (Å²) in [6, 6.07) is 17.8. The number of nitrogens with zero attached hydrogens (tertiary/aromatic N) is 4. The average Bonchev–Trinajstić information content (AvgIpc) is 3.52. The number of ether oxygens (including phenoxy) is 1. The van der Waals surface area contributed by atoms with Crippen molar-refractivity contribution in [3.8, 4) is 28.5 Å². The third-order valence-electron chi connectivity index (χ3n) is 6.61. The van der Waals surface area contributed by atoms with Gasteiger partial charge >= 0.3 is 6.09 Å². The van der Waals surface area contributed by atoms with Gasteiger partial charge in [-0.05, 0) is 63.8 Å². The minimum Gasteiger partial charge on any atom is -0.444 e. The summed E-state index contributed by atoms with van der Waals surface area (Å²) in [4.78, 5) is 31.8. The molecule has 2 aliphatic heterocycles. The van der Waals surface area contributed by atoms with Gasteiger partial charge in [-0.25, -0.2) is 4.79 Å². The first kappa shape index (κ1) is 26.9. The molecule has 1 fully saturated rings. The van der Waals surface area contributed by atoms with Gasteiger partial charge in [-0.2, -0.15) is 5.26 Å². The summed E-state index contributed by atoms with van der Waals surface area (Å²) in [5.74, 6) is 0.0674. The molecular formula is C31H34N4O3. The molecular weight excluding hydrogens is 476 g/mol. The van der Waals surface area contributed by atoms with Crippen molar-refractivity contribution in [1.82, 2.24) is 9.88 Å². The number of nitriles is 1. The topological polar surface area (TPSA) is 86.5 Å². The lowest BCUT2D eigenvalue weighted by Gasteiger charge is -2.23. The maximum atomic E-state index is 12.3. The zero-order valence-corrected chi connectivity index (χ0v) is 22.7. The summed E-state index contributed by atoms with van der Waals surface area (Å²) < 4.78 is 5.21. The van der Waals surface area contributed by atoms with Gasteiger partial charge in [0, 0.05) is 31.3 Å². The van der Waals surface area contributed by atoms with Crippen molar-refractivity contribution in [3.63, 3.8) is 0 Å². The van der Waals surface area contributed by atoms with E-state index in [-0.39, 0.29) is 17.6 Å². The Morgan fingerprint density at radius 3 is 2.18 bits per heavy atom. The summed E-state index contributed by atoms with van der Waals surface area (Å²) in [5, 5.41) is 9.07. The molecule has 0 spiro atoms. The van der Waals surface area contributed by atoms with E-state index < -0.39 is 0 Å². The predicted octanol–water partition coefficient (Wildman–Crippen LogP) is 6.13. The Morgan fingerprint density at radius 1 is 1.00 bits per heavy atom. The number of likely N-dealkylation sites (N-methyl/N-ethyl adjacent to an activating group) is 1. The number of anilines is 1. The number of likely N-dealkylation sites (tertiary alicyclic amines) is 1. The van der Waals surface area contributed by atoms with E-state index in [2.05, 4.69) is 37.3 Å². The Balaban J connectivity index is 0.000000236. The second-order valence-electron chi connectivity index (χ2n) is 10.7. The minimum absolute atomic E-state index is 0.0674. The Labute approximate surface area is 224 Å². The maximum absolute atomic E-state index is 12.3. The maximum Gasteiger partial charge on any atom is 0.410 e. The van der Waals surface area contributed by atoms with Gasteiger partial charge in [-0.3, -0.25) is 9.78 Å². The number of hydrogen-bond donors (Lipinski definition) is 0. The molecule has 1 aromatic heterocycles. The van der Waals surface area contributed by atoms with Gasteiger partial charge in [-0.1, -0.05) is 42.0 Å². The number of amides is 2. The van der Waals surface area contributed by atoms with Gasteiger partial charge in [0.1, 0.15) is 5.60 Å². The Bertz CT molecular complexity index is 1360. The molecule has 7 heteroatoms. The molecule has 0 N–H and O–H groups in total. The smallest absolute Gasteiger partial charge is 0.410 e. The Hall–Kier alpha value is -4.18. The van der Waals surface area contributed by atoms with Crippen LogP contribution in [0.5, 0.6) is 0 Å². The van der Waals surface area contributed by atoms with Crippen LogP contribution in [-0.4, -0.2) is 47.6 Å². The largest absolute Gasteiger partial charge is 0.444 e. The first-order valence-electron chi connectivity index (χ1n) is 12.9. The van der Waals surface area contributed by atoms with Gasteiger partial charge < -0.3 is 14.5 Å². The number of carbonyl (C=O) groups excluding carboxylic acids is 2. The van der Waals surface area contributed by atoms with Crippen LogP contribution in [0.1, 0.15) is 50.3 Å². The van der Waals surface area contributed by atoms with Crippen LogP contribution in [0.3, 0.4) is 0 Å². The molecule has 0 unspecified atom stereocenters. The van der Waals surface area contributed by atoms with E-state index in [4.69, 9.17) is 15.0 Å². The predicted molar refractivity (Wildman–Crippen MR) is 149 cm³/mol. The van der Waals surface area contributed by atoms with Crippen LogP contribution >= 0.6 is 0 Å². The van der Waals surface area contributed by atoms with Gasteiger partial charge in [0.15, 0.2) is 0 Å². The molecule has 1 saturated heterocycles. The highest BCUT2D eigenvalue weighted by molar-refractivity contribution is 6.05. The van der Waals surface area contributed by atoms with Crippen LogP contribution in [0.25, 0.3) is 22.4 Å². The van der Waals surface area contributed by atoms with Crippen molar-refractivity contribution in [2.24, 2.45) is 0 Å². The van der Waals surface area contributed by atoms with E-state index in [9.17, 15) is 9.59 Å². The molecule has 7 nitrogen and oxygen atoms in total. The lowest BCUT2D eigenvalue weighted by atomic mass is 9.92. The van der Waals surface area contributed by atoms with Gasteiger partial charge in [0.05, 0.1) is 35.6 Å². The number of fused-ring (bicyclic) bond motifs is 1. The quantitative estimate of drug-likeness (QED) is 0.414. The molecule has 0 radical (unpaired) electrons. The SMILES string of the molecule is CC(C)(C)OC(=O)N1CCCC1.Cc1ccc(-c2ncc3c(c2-c2ccc(C#N)cc2)CC(=O)N3C)cc1. The van der Waals surface area contributed by atoms with Crippen LogP contribution < -0.4 is 4.90 Å². The third kappa shape index (κ3) is 6.03. The minimum atomic E-state index is -0.361. The number of aromatic nitrogens is 1. The summed E-state index contributed by atoms with van der Waals surface area (Å²) >= 11 is 0. The van der Waals surface area contributed by atoms with E-state index in [0.717, 1.165) is 59.6 Å². The lowest BCUT2D eigenvalue weighted by Crippen LogP contribution is -2.34. The van der Waals surface area contributed by atoms with Gasteiger partial charge in [0.2, 0.25) is 5.91 Å². The van der Waals surface area contributed by atoms with E-state index in [0.29, 0.717) is 12.0 Å². The van der Waals surface area contributed by atoms with Crippen LogP contribution in [0.4, 0.5) is 10.5 Å². The van der Waals surface area contributed by atoms with Crippen LogP contribution in [0, 0.1) is 18.3 Å². The van der Waals surface area contributed by atoms with Crippen molar-refractivity contribution in [2.75, 3.05) is 25.0 Å². The molecule has 0 aliphatic carbocycles. The molecule has 2 amide bonds. The van der Waals surface area contributed by atoms with Crippen molar-refractivity contribution in [1.29, 1.82) is 5.26 Å². The summed E-state index contributed by atoms with van der Waals surface area (Å²) in [6.07, 6.45) is 4.20. The first-order valence-corrected chi connectivity index (χ1v) is 12.9. The Kier molecular flexibility index (Phi) is 7.82. The highest BCUT2D eigenvalue weighted by Crippen LogP contribution is 2.41. The highest BCUT2D eigenvalue weighted by atomic mass is 16.6. The second-order valence-corrected chi connectivity index (χ2v) is 10.7. The fraction of sp³-hybridized carbons (Fsp3) is 0.355. The molecule has 0 saturated carbocycles. The number of carbonyl (C=O) groups is 2. The number of rotatable bonds is 2. The van der Waals surface area contributed by atoms with Crippen LogP contribution in [0.15, 0.2) is 54.7 Å². The van der Waals surface area contributed by atoms with Crippen LogP contribution in [-0.2, 0) is 16.0 Å². The number of aryl methyl sites for hydroxylation is 1. The monoisotopic (exact) mass is 510 g/mol. The number of benzene rings is 2. The molecule has 5 rings (SSSR count). The van der Waals surface area contributed by atoms with Crippen molar-refractivity contribution >= 4 is 17.7 Å². The average molecular weight is 511 g/mol. The molecule has 2 aromatic carbocycles. The Morgan fingerprint density at radius 2 is 1.61 bits per heavy atom. The lowest BCUT2D eigenvalue weighted by molar-refractivity contribution is -0.117. The zero-order valence-electron chi connectivity index (χ0n) is 22.7. The first-order chi connectivity index (χ1) is 18.1. The van der Waals surface area contributed by atoms with E-state index in [1.54, 1.807) is 35.2 Å². The highest BCUT2D eigenvalue weighted by Gasteiger charge is 2.29. The zero-order chi connectivity index (χ0) is 27.4. The summed E-state index contributed by atoms with van der Waals surface area (Å²) in [5.41, 5.74) is 7.08.